The number of carbonyl (C=O) groups is 2. The highest BCUT2D eigenvalue weighted by molar-refractivity contribution is 5.92. The van der Waals surface area contributed by atoms with E-state index in [0.29, 0.717) is 18.7 Å². The fourth-order valence-electron chi connectivity index (χ4n) is 1.68. The zero-order valence-electron chi connectivity index (χ0n) is 12.2. The average molecular weight is 278 g/mol. The van der Waals surface area contributed by atoms with Gasteiger partial charge < -0.3 is 16.4 Å². The fraction of sp³-hybridized carbons (Fsp3) is 0.429. The molecule has 0 aromatic heterocycles. The first kappa shape index (κ1) is 16.0. The van der Waals surface area contributed by atoms with Crippen LogP contribution in [-0.2, 0) is 9.59 Å². The van der Waals surface area contributed by atoms with Gasteiger partial charge in [-0.3, -0.25) is 14.5 Å². The molecule has 0 unspecified atom stereocenters. The van der Waals surface area contributed by atoms with Gasteiger partial charge in [-0.05, 0) is 31.7 Å². The second-order valence-electron chi connectivity index (χ2n) is 4.78. The zero-order chi connectivity index (χ0) is 15.1. The lowest BCUT2D eigenvalue weighted by Crippen LogP contribution is -2.34. The van der Waals surface area contributed by atoms with Gasteiger partial charge in [-0.25, -0.2) is 0 Å². The van der Waals surface area contributed by atoms with Crippen molar-refractivity contribution in [2.45, 2.75) is 13.3 Å². The lowest BCUT2D eigenvalue weighted by atomic mass is 10.2. The zero-order valence-corrected chi connectivity index (χ0v) is 12.2. The van der Waals surface area contributed by atoms with E-state index >= 15 is 0 Å². The minimum Gasteiger partial charge on any atom is -0.399 e. The molecule has 0 saturated heterocycles. The Morgan fingerprint density at radius 2 is 2.00 bits per heavy atom. The molecule has 0 bridgehead atoms. The minimum atomic E-state index is -0.0949. The van der Waals surface area contributed by atoms with Crippen LogP contribution in [-0.4, -0.2) is 43.9 Å². The molecule has 0 atom stereocenters. The Morgan fingerprint density at radius 1 is 1.30 bits per heavy atom. The molecule has 0 radical (unpaired) electrons. The van der Waals surface area contributed by atoms with Crippen LogP contribution in [0, 0.1) is 6.92 Å². The number of aryl methyl sites for hydroxylation is 1. The standard InChI is InChI=1S/C14H22N4O2/c1-10-4-5-11(15)8-12(10)17-13(19)6-7-18(3)9-14(20)16-2/h4-5,8H,6-7,9,15H2,1-3H3,(H,16,20)(H,17,19). The van der Waals surface area contributed by atoms with E-state index < -0.39 is 0 Å². The minimum absolute atomic E-state index is 0.0698. The van der Waals surface area contributed by atoms with Gasteiger partial charge in [-0.2, -0.15) is 0 Å². The predicted octanol–water partition coefficient (Wildman–Crippen LogP) is 0.584. The number of amides is 2. The summed E-state index contributed by atoms with van der Waals surface area (Å²) in [5.74, 6) is -0.165. The van der Waals surface area contributed by atoms with Crippen LogP contribution in [0.25, 0.3) is 0 Å². The molecule has 20 heavy (non-hydrogen) atoms. The average Bonchev–Trinajstić information content (AvgIpc) is 2.40. The van der Waals surface area contributed by atoms with Crippen molar-refractivity contribution in [2.75, 3.05) is 38.2 Å². The van der Waals surface area contributed by atoms with Crippen molar-refractivity contribution in [2.24, 2.45) is 0 Å². The van der Waals surface area contributed by atoms with Gasteiger partial charge in [-0.1, -0.05) is 6.07 Å². The predicted molar refractivity (Wildman–Crippen MR) is 80.4 cm³/mol. The molecule has 4 N–H and O–H groups in total. The SMILES string of the molecule is CNC(=O)CN(C)CCC(=O)Nc1cc(N)ccc1C. The van der Waals surface area contributed by atoms with Crippen LogP contribution in [0.5, 0.6) is 0 Å². The van der Waals surface area contributed by atoms with E-state index in [-0.39, 0.29) is 18.4 Å². The molecule has 1 aromatic rings. The normalized spacial score (nSPS) is 10.4. The number of nitrogens with two attached hydrogens (primary N) is 1. The first-order valence-corrected chi connectivity index (χ1v) is 6.47. The molecule has 0 aliphatic carbocycles. The van der Waals surface area contributed by atoms with E-state index in [9.17, 15) is 9.59 Å². The topological polar surface area (TPSA) is 87.5 Å². The van der Waals surface area contributed by atoms with E-state index in [0.717, 1.165) is 11.3 Å². The van der Waals surface area contributed by atoms with Gasteiger partial charge in [-0.15, -0.1) is 0 Å². The number of carbonyl (C=O) groups excluding carboxylic acids is 2. The third-order valence-electron chi connectivity index (χ3n) is 2.95. The van der Waals surface area contributed by atoms with Crippen molar-refractivity contribution in [3.63, 3.8) is 0 Å². The summed E-state index contributed by atoms with van der Waals surface area (Å²) in [6.07, 6.45) is 0.321. The molecule has 0 aliphatic heterocycles. The van der Waals surface area contributed by atoms with Crippen LogP contribution in [0.1, 0.15) is 12.0 Å². The quantitative estimate of drug-likeness (QED) is 0.664. The summed E-state index contributed by atoms with van der Waals surface area (Å²) in [5, 5.41) is 5.37. The van der Waals surface area contributed by atoms with Gasteiger partial charge >= 0.3 is 0 Å². The molecule has 2 amide bonds. The molecule has 0 heterocycles. The van der Waals surface area contributed by atoms with E-state index in [1.807, 2.05) is 13.0 Å². The maximum Gasteiger partial charge on any atom is 0.233 e. The van der Waals surface area contributed by atoms with Crippen molar-refractivity contribution < 1.29 is 9.59 Å². The fourth-order valence-corrected chi connectivity index (χ4v) is 1.68. The monoisotopic (exact) mass is 278 g/mol. The van der Waals surface area contributed by atoms with Crippen LogP contribution in [0.3, 0.4) is 0 Å². The molecule has 110 valence electrons. The van der Waals surface area contributed by atoms with Crippen LogP contribution in [0.4, 0.5) is 11.4 Å². The summed E-state index contributed by atoms with van der Waals surface area (Å²) >= 11 is 0. The molecule has 6 heteroatoms. The maximum absolute atomic E-state index is 11.9. The number of nitrogen functional groups attached to an aromatic ring is 1. The number of likely N-dealkylation sites (N-methyl/N-ethyl adjacent to an activating group) is 2. The largest absolute Gasteiger partial charge is 0.399 e. The number of hydrogen-bond donors (Lipinski definition) is 3. The molecular weight excluding hydrogens is 256 g/mol. The summed E-state index contributed by atoms with van der Waals surface area (Å²) in [6, 6.07) is 5.40. The first-order chi connectivity index (χ1) is 9.42. The van der Waals surface area contributed by atoms with Gasteiger partial charge in [0, 0.05) is 31.4 Å². The molecule has 0 fully saturated rings. The van der Waals surface area contributed by atoms with E-state index in [4.69, 9.17) is 5.73 Å². The number of rotatable bonds is 6. The third kappa shape index (κ3) is 5.27. The number of nitrogens with zero attached hydrogens (tertiary/aromatic N) is 1. The van der Waals surface area contributed by atoms with Crippen molar-refractivity contribution in [3.05, 3.63) is 23.8 Å². The van der Waals surface area contributed by atoms with E-state index in [1.165, 1.54) is 0 Å². The first-order valence-electron chi connectivity index (χ1n) is 6.47. The van der Waals surface area contributed by atoms with Crippen molar-refractivity contribution in [3.8, 4) is 0 Å². The number of anilines is 2. The Morgan fingerprint density at radius 3 is 2.65 bits per heavy atom. The van der Waals surface area contributed by atoms with Crippen molar-refractivity contribution in [1.82, 2.24) is 10.2 Å². The van der Waals surface area contributed by atoms with Gasteiger partial charge in [0.2, 0.25) is 11.8 Å². The number of benzene rings is 1. The highest BCUT2D eigenvalue weighted by Crippen LogP contribution is 2.18. The summed E-state index contributed by atoms with van der Waals surface area (Å²) in [4.78, 5) is 24.8. The molecule has 1 aromatic carbocycles. The van der Waals surface area contributed by atoms with E-state index in [2.05, 4.69) is 10.6 Å². The highest BCUT2D eigenvalue weighted by atomic mass is 16.2. The molecular formula is C14H22N4O2. The number of hydrogen-bond acceptors (Lipinski definition) is 4. The summed E-state index contributed by atoms with van der Waals surface area (Å²) in [7, 11) is 3.39. The van der Waals surface area contributed by atoms with E-state index in [1.54, 1.807) is 31.1 Å². The van der Waals surface area contributed by atoms with Crippen LogP contribution >= 0.6 is 0 Å². The Kier molecular flexibility index (Phi) is 5.99. The molecule has 6 nitrogen and oxygen atoms in total. The van der Waals surface area contributed by atoms with Crippen LogP contribution < -0.4 is 16.4 Å². The van der Waals surface area contributed by atoms with Gasteiger partial charge in [0.25, 0.3) is 0 Å². The van der Waals surface area contributed by atoms with Crippen LogP contribution in [0.2, 0.25) is 0 Å². The molecule has 0 saturated carbocycles. The Hall–Kier alpha value is -2.08. The van der Waals surface area contributed by atoms with Crippen molar-refractivity contribution in [1.29, 1.82) is 0 Å². The highest BCUT2D eigenvalue weighted by Gasteiger charge is 2.09. The molecule has 0 aliphatic rings. The van der Waals surface area contributed by atoms with Gasteiger partial charge in [0.05, 0.1) is 6.54 Å². The third-order valence-corrected chi connectivity index (χ3v) is 2.95. The second-order valence-corrected chi connectivity index (χ2v) is 4.78. The Labute approximate surface area is 119 Å². The second kappa shape index (κ2) is 7.49. The smallest absolute Gasteiger partial charge is 0.233 e. The van der Waals surface area contributed by atoms with Crippen molar-refractivity contribution >= 4 is 23.2 Å². The summed E-state index contributed by atoms with van der Waals surface area (Å²) < 4.78 is 0. The number of nitrogens with one attached hydrogen (secondary N) is 2. The molecule has 0 spiro atoms. The molecule has 1 rings (SSSR count). The van der Waals surface area contributed by atoms with Crippen LogP contribution in [0.15, 0.2) is 18.2 Å². The van der Waals surface area contributed by atoms with Gasteiger partial charge in [0.1, 0.15) is 0 Å². The lowest BCUT2D eigenvalue weighted by Gasteiger charge is -2.15. The Bertz CT molecular complexity index is 488. The Balaban J connectivity index is 2.44. The van der Waals surface area contributed by atoms with Gasteiger partial charge in [0.15, 0.2) is 0 Å². The summed E-state index contributed by atoms with van der Waals surface area (Å²) in [5.41, 5.74) is 8.00. The lowest BCUT2D eigenvalue weighted by molar-refractivity contribution is -0.122. The maximum atomic E-state index is 11.9. The summed E-state index contributed by atoms with van der Waals surface area (Å²) in [6.45, 7) is 2.70.